The average molecular weight is 419 g/mol. The van der Waals surface area contributed by atoms with Gasteiger partial charge in [0.05, 0.1) is 11.4 Å². The molecule has 124 valence electrons. The predicted octanol–water partition coefficient (Wildman–Crippen LogP) is 4.21. The van der Waals surface area contributed by atoms with Gasteiger partial charge in [0.15, 0.2) is 0 Å². The van der Waals surface area contributed by atoms with Gasteiger partial charge in [-0.25, -0.2) is 13.4 Å². The molecule has 0 saturated heterocycles. The summed E-state index contributed by atoms with van der Waals surface area (Å²) in [7, 11) is -3.41. The first-order chi connectivity index (χ1) is 10.7. The molecule has 23 heavy (non-hydrogen) atoms. The van der Waals surface area contributed by atoms with E-state index in [9.17, 15) is 8.42 Å². The molecule has 2 aromatic rings. The fraction of sp³-hybridized carbons (Fsp3) is 0.267. The summed E-state index contributed by atoms with van der Waals surface area (Å²) in [5.41, 5.74) is 8.40. The molecule has 0 unspecified atom stereocenters. The Morgan fingerprint density at radius 3 is 2.70 bits per heavy atom. The van der Waals surface area contributed by atoms with Gasteiger partial charge in [-0.05, 0) is 58.6 Å². The first kappa shape index (κ1) is 18.0. The largest absolute Gasteiger partial charge is 0.383 e. The van der Waals surface area contributed by atoms with Crippen LogP contribution >= 0.6 is 27.5 Å². The van der Waals surface area contributed by atoms with E-state index in [-0.39, 0.29) is 5.75 Å². The van der Waals surface area contributed by atoms with Crippen LogP contribution in [-0.2, 0) is 10.0 Å². The fourth-order valence-electron chi connectivity index (χ4n) is 2.11. The predicted molar refractivity (Wildman–Crippen MR) is 99.2 cm³/mol. The summed E-state index contributed by atoms with van der Waals surface area (Å²) >= 11 is 9.61. The third-order valence-corrected chi connectivity index (χ3v) is 5.58. The smallest absolute Gasteiger partial charge is 0.232 e. The van der Waals surface area contributed by atoms with Crippen LogP contribution in [0.4, 0.5) is 11.5 Å². The normalized spacial score (nSPS) is 11.5. The van der Waals surface area contributed by atoms with Crippen molar-refractivity contribution in [3.63, 3.8) is 0 Å². The van der Waals surface area contributed by atoms with E-state index in [4.69, 9.17) is 17.3 Å². The summed E-state index contributed by atoms with van der Waals surface area (Å²) in [6.45, 7) is 3.57. The highest BCUT2D eigenvalue weighted by molar-refractivity contribution is 9.10. The molecule has 8 heteroatoms. The zero-order valence-electron chi connectivity index (χ0n) is 12.7. The van der Waals surface area contributed by atoms with E-state index in [2.05, 4.69) is 25.6 Å². The quantitative estimate of drug-likeness (QED) is 0.762. The lowest BCUT2D eigenvalue weighted by Crippen LogP contribution is -2.17. The number of aromatic nitrogens is 1. The van der Waals surface area contributed by atoms with E-state index in [1.165, 1.54) is 0 Å². The standard InChI is InChI=1S/C15H17BrClN3O2S/c1-3-4-23(21,22)20-14-6-10(5-13(17)9(14)2)12-7-11(16)8-19-15(12)18/h5-8,20H,3-4H2,1-2H3,(H2,18,19). The number of nitrogens with one attached hydrogen (secondary N) is 1. The van der Waals surface area contributed by atoms with E-state index < -0.39 is 10.0 Å². The number of pyridine rings is 1. The highest BCUT2D eigenvalue weighted by Crippen LogP contribution is 2.34. The first-order valence-electron chi connectivity index (χ1n) is 6.95. The van der Waals surface area contributed by atoms with Gasteiger partial charge in [-0.15, -0.1) is 0 Å². The summed E-state index contributed by atoms with van der Waals surface area (Å²) < 4.78 is 27.4. The maximum atomic E-state index is 12.0. The van der Waals surface area contributed by atoms with Crippen LogP contribution in [0.25, 0.3) is 11.1 Å². The fourth-order valence-corrected chi connectivity index (χ4v) is 3.85. The molecule has 0 radical (unpaired) electrons. The summed E-state index contributed by atoms with van der Waals surface area (Å²) in [5, 5.41) is 0.455. The van der Waals surface area contributed by atoms with Crippen molar-refractivity contribution in [2.24, 2.45) is 0 Å². The molecule has 0 bridgehead atoms. The van der Waals surface area contributed by atoms with Crippen LogP contribution in [0.1, 0.15) is 18.9 Å². The number of nitrogen functional groups attached to an aromatic ring is 1. The molecule has 1 aromatic heterocycles. The summed E-state index contributed by atoms with van der Waals surface area (Å²) in [6.07, 6.45) is 2.13. The van der Waals surface area contributed by atoms with Crippen LogP contribution in [0, 0.1) is 6.92 Å². The van der Waals surface area contributed by atoms with E-state index in [1.807, 2.05) is 13.0 Å². The number of benzene rings is 1. The van der Waals surface area contributed by atoms with Gasteiger partial charge in [-0.1, -0.05) is 18.5 Å². The third-order valence-electron chi connectivity index (χ3n) is 3.28. The number of hydrogen-bond donors (Lipinski definition) is 2. The van der Waals surface area contributed by atoms with Crippen molar-refractivity contribution in [3.05, 3.63) is 39.5 Å². The van der Waals surface area contributed by atoms with Crippen molar-refractivity contribution in [1.29, 1.82) is 0 Å². The summed E-state index contributed by atoms with van der Waals surface area (Å²) in [5.74, 6) is 0.394. The number of nitrogens with two attached hydrogens (primary N) is 1. The van der Waals surface area contributed by atoms with Crippen molar-refractivity contribution in [2.45, 2.75) is 20.3 Å². The Hall–Kier alpha value is -1.31. The molecule has 0 aliphatic carbocycles. The Morgan fingerprint density at radius 1 is 1.35 bits per heavy atom. The Bertz CT molecular complexity index is 841. The zero-order valence-corrected chi connectivity index (χ0v) is 15.9. The van der Waals surface area contributed by atoms with E-state index in [1.54, 1.807) is 25.3 Å². The molecular formula is C15H17BrClN3O2S. The summed E-state index contributed by atoms with van der Waals surface area (Å²) in [6, 6.07) is 5.27. The highest BCUT2D eigenvalue weighted by atomic mass is 79.9. The third kappa shape index (κ3) is 4.37. The van der Waals surface area contributed by atoms with Crippen LogP contribution in [0.15, 0.2) is 28.9 Å². The summed E-state index contributed by atoms with van der Waals surface area (Å²) in [4.78, 5) is 4.09. The lowest BCUT2D eigenvalue weighted by Gasteiger charge is -2.14. The van der Waals surface area contributed by atoms with Crippen molar-refractivity contribution in [3.8, 4) is 11.1 Å². The second kappa shape index (κ2) is 7.07. The van der Waals surface area contributed by atoms with Crippen molar-refractivity contribution in [2.75, 3.05) is 16.2 Å². The van der Waals surface area contributed by atoms with Gasteiger partial charge in [0, 0.05) is 21.3 Å². The second-order valence-electron chi connectivity index (χ2n) is 5.14. The van der Waals surface area contributed by atoms with Crippen LogP contribution in [0.3, 0.4) is 0 Å². The molecule has 1 heterocycles. The molecule has 1 aromatic carbocycles. The molecule has 0 spiro atoms. The minimum absolute atomic E-state index is 0.0505. The Morgan fingerprint density at radius 2 is 2.04 bits per heavy atom. The molecule has 0 atom stereocenters. The molecule has 0 fully saturated rings. The number of nitrogens with zero attached hydrogens (tertiary/aromatic N) is 1. The minimum Gasteiger partial charge on any atom is -0.383 e. The highest BCUT2D eigenvalue weighted by Gasteiger charge is 2.15. The Kier molecular flexibility index (Phi) is 5.54. The molecule has 0 amide bonds. The molecule has 3 N–H and O–H groups in total. The van der Waals surface area contributed by atoms with E-state index in [0.29, 0.717) is 39.6 Å². The molecule has 0 saturated carbocycles. The molecular weight excluding hydrogens is 402 g/mol. The number of sulfonamides is 1. The maximum Gasteiger partial charge on any atom is 0.232 e. The SMILES string of the molecule is CCCS(=O)(=O)Nc1cc(-c2cc(Br)cnc2N)cc(Cl)c1C. The lowest BCUT2D eigenvalue weighted by atomic mass is 10.0. The van der Waals surface area contributed by atoms with Crippen LogP contribution in [-0.4, -0.2) is 19.2 Å². The molecule has 0 aliphatic heterocycles. The van der Waals surface area contributed by atoms with Gasteiger partial charge in [-0.2, -0.15) is 0 Å². The van der Waals surface area contributed by atoms with Gasteiger partial charge in [0.1, 0.15) is 5.82 Å². The average Bonchev–Trinajstić information content (AvgIpc) is 2.46. The van der Waals surface area contributed by atoms with Gasteiger partial charge in [-0.3, -0.25) is 4.72 Å². The molecule has 2 rings (SSSR count). The van der Waals surface area contributed by atoms with Crippen molar-refractivity contribution in [1.82, 2.24) is 4.98 Å². The lowest BCUT2D eigenvalue weighted by molar-refractivity contribution is 0.600. The van der Waals surface area contributed by atoms with Gasteiger partial charge < -0.3 is 5.73 Å². The molecule has 5 nitrogen and oxygen atoms in total. The number of anilines is 2. The number of hydrogen-bond acceptors (Lipinski definition) is 4. The van der Waals surface area contributed by atoms with Crippen LogP contribution in [0.2, 0.25) is 5.02 Å². The van der Waals surface area contributed by atoms with E-state index >= 15 is 0 Å². The van der Waals surface area contributed by atoms with Crippen LogP contribution in [0.5, 0.6) is 0 Å². The van der Waals surface area contributed by atoms with Gasteiger partial charge in [0.2, 0.25) is 10.0 Å². The van der Waals surface area contributed by atoms with Gasteiger partial charge in [0.25, 0.3) is 0 Å². The topological polar surface area (TPSA) is 85.1 Å². The monoisotopic (exact) mass is 417 g/mol. The Balaban J connectivity index is 2.54. The minimum atomic E-state index is -3.41. The molecule has 0 aliphatic rings. The van der Waals surface area contributed by atoms with Crippen LogP contribution < -0.4 is 10.5 Å². The number of halogens is 2. The Labute approximate surface area is 149 Å². The number of rotatable bonds is 5. The zero-order chi connectivity index (χ0) is 17.2. The second-order valence-corrected chi connectivity index (χ2v) is 8.30. The first-order valence-corrected chi connectivity index (χ1v) is 9.78. The maximum absolute atomic E-state index is 12.0. The van der Waals surface area contributed by atoms with Gasteiger partial charge >= 0.3 is 0 Å². The van der Waals surface area contributed by atoms with E-state index in [0.717, 1.165) is 4.47 Å². The van der Waals surface area contributed by atoms with Crippen molar-refractivity contribution >= 4 is 49.1 Å². The van der Waals surface area contributed by atoms with Crippen molar-refractivity contribution < 1.29 is 8.42 Å².